The first-order valence-electron chi connectivity index (χ1n) is 8.25. The highest BCUT2D eigenvalue weighted by molar-refractivity contribution is 6.35. The number of halogens is 2. The zero-order valence-electron chi connectivity index (χ0n) is 14.3. The number of aromatic carboxylic acids is 1. The van der Waals surface area contributed by atoms with Gasteiger partial charge in [-0.3, -0.25) is 0 Å². The van der Waals surface area contributed by atoms with E-state index in [1.54, 1.807) is 42.5 Å². The van der Waals surface area contributed by atoms with Gasteiger partial charge in [-0.1, -0.05) is 41.4 Å². The Morgan fingerprint density at radius 1 is 0.963 bits per heavy atom. The van der Waals surface area contributed by atoms with Crippen molar-refractivity contribution in [2.75, 3.05) is 5.32 Å². The molecule has 0 atom stereocenters. The molecule has 0 aliphatic rings. The van der Waals surface area contributed by atoms with Gasteiger partial charge in [0.05, 0.1) is 5.56 Å². The Hall–Kier alpha value is -2.69. The van der Waals surface area contributed by atoms with E-state index in [1.807, 2.05) is 24.3 Å². The molecule has 27 heavy (non-hydrogen) atoms. The minimum atomic E-state index is -0.940. The van der Waals surface area contributed by atoms with Crippen LogP contribution in [-0.4, -0.2) is 11.1 Å². The monoisotopic (exact) mass is 401 g/mol. The second-order valence-electron chi connectivity index (χ2n) is 5.87. The molecule has 0 radical (unpaired) electrons. The maximum Gasteiger partial charge on any atom is 0.335 e. The highest BCUT2D eigenvalue weighted by Gasteiger charge is 2.07. The van der Waals surface area contributed by atoms with Gasteiger partial charge in [0.1, 0.15) is 12.4 Å². The van der Waals surface area contributed by atoms with Crippen LogP contribution in [0.1, 0.15) is 21.5 Å². The number of rotatable bonds is 7. The van der Waals surface area contributed by atoms with E-state index in [9.17, 15) is 4.79 Å². The zero-order chi connectivity index (χ0) is 19.2. The zero-order valence-corrected chi connectivity index (χ0v) is 15.8. The van der Waals surface area contributed by atoms with Crippen LogP contribution >= 0.6 is 23.2 Å². The summed E-state index contributed by atoms with van der Waals surface area (Å²) < 4.78 is 5.83. The van der Waals surface area contributed by atoms with E-state index in [0.717, 1.165) is 16.8 Å². The van der Waals surface area contributed by atoms with Crippen molar-refractivity contribution in [1.29, 1.82) is 0 Å². The highest BCUT2D eigenvalue weighted by Crippen LogP contribution is 2.26. The SMILES string of the molecule is O=C(O)c1ccc(NCc2cccc(OCc3c(Cl)cccc3Cl)c2)cc1. The van der Waals surface area contributed by atoms with Crippen LogP contribution in [0.15, 0.2) is 66.7 Å². The van der Waals surface area contributed by atoms with Crippen molar-refractivity contribution in [3.8, 4) is 5.75 Å². The molecule has 6 heteroatoms. The van der Waals surface area contributed by atoms with Crippen molar-refractivity contribution in [1.82, 2.24) is 0 Å². The third kappa shape index (κ3) is 5.16. The molecule has 3 aromatic carbocycles. The molecule has 0 aliphatic carbocycles. The molecular formula is C21H17Cl2NO3. The normalized spacial score (nSPS) is 10.4. The van der Waals surface area contributed by atoms with Crippen molar-refractivity contribution in [3.63, 3.8) is 0 Å². The Bertz CT molecular complexity index is 922. The summed E-state index contributed by atoms with van der Waals surface area (Å²) in [5, 5.41) is 13.3. The summed E-state index contributed by atoms with van der Waals surface area (Å²) in [6.07, 6.45) is 0. The fourth-order valence-corrected chi connectivity index (χ4v) is 3.01. The van der Waals surface area contributed by atoms with Crippen LogP contribution in [0.2, 0.25) is 10.0 Å². The Morgan fingerprint density at radius 2 is 1.63 bits per heavy atom. The lowest BCUT2D eigenvalue weighted by atomic mass is 10.2. The Balaban J connectivity index is 1.61. The minimum absolute atomic E-state index is 0.259. The summed E-state index contributed by atoms with van der Waals surface area (Å²) in [6, 6.07) is 19.7. The molecular weight excluding hydrogens is 385 g/mol. The average molecular weight is 402 g/mol. The van der Waals surface area contributed by atoms with Gasteiger partial charge in [0.25, 0.3) is 0 Å². The maximum absolute atomic E-state index is 10.9. The molecule has 0 fully saturated rings. The number of anilines is 1. The van der Waals surface area contributed by atoms with E-state index in [4.69, 9.17) is 33.0 Å². The minimum Gasteiger partial charge on any atom is -0.489 e. The van der Waals surface area contributed by atoms with Crippen LogP contribution in [0.25, 0.3) is 0 Å². The smallest absolute Gasteiger partial charge is 0.335 e. The van der Waals surface area contributed by atoms with Crippen LogP contribution in [-0.2, 0) is 13.2 Å². The molecule has 0 aromatic heterocycles. The highest BCUT2D eigenvalue weighted by atomic mass is 35.5. The Labute approximate surface area is 167 Å². The Kier molecular flexibility index (Phi) is 6.22. The standard InChI is InChI=1S/C21H17Cl2NO3/c22-19-5-2-6-20(23)18(19)13-27-17-4-1-3-14(11-17)12-24-16-9-7-15(8-10-16)21(25)26/h1-11,24H,12-13H2,(H,25,26). The molecule has 3 aromatic rings. The number of carboxylic acids is 1. The summed E-state index contributed by atoms with van der Waals surface area (Å²) in [6.45, 7) is 0.864. The summed E-state index contributed by atoms with van der Waals surface area (Å²) >= 11 is 12.3. The van der Waals surface area contributed by atoms with Gasteiger partial charge < -0.3 is 15.2 Å². The number of nitrogens with one attached hydrogen (secondary N) is 1. The number of benzene rings is 3. The fraction of sp³-hybridized carbons (Fsp3) is 0.0952. The van der Waals surface area contributed by atoms with Gasteiger partial charge in [-0.15, -0.1) is 0 Å². The van der Waals surface area contributed by atoms with Gasteiger partial charge in [0, 0.05) is 27.8 Å². The molecule has 0 heterocycles. The maximum atomic E-state index is 10.9. The van der Waals surface area contributed by atoms with Gasteiger partial charge in [0.15, 0.2) is 0 Å². The summed E-state index contributed by atoms with van der Waals surface area (Å²) in [5.74, 6) is -0.225. The second-order valence-corrected chi connectivity index (χ2v) is 6.69. The number of hydrogen-bond acceptors (Lipinski definition) is 3. The number of carbonyl (C=O) groups is 1. The lowest BCUT2D eigenvalue weighted by Crippen LogP contribution is -2.02. The molecule has 0 amide bonds. The van der Waals surface area contributed by atoms with E-state index in [0.29, 0.717) is 22.3 Å². The molecule has 138 valence electrons. The van der Waals surface area contributed by atoms with Gasteiger partial charge in [0.2, 0.25) is 0 Å². The van der Waals surface area contributed by atoms with E-state index < -0.39 is 5.97 Å². The quantitative estimate of drug-likeness (QED) is 0.518. The number of ether oxygens (including phenoxy) is 1. The molecule has 2 N–H and O–H groups in total. The third-order valence-electron chi connectivity index (χ3n) is 3.97. The predicted octanol–water partition coefficient (Wildman–Crippen LogP) is 5.88. The van der Waals surface area contributed by atoms with E-state index >= 15 is 0 Å². The van der Waals surface area contributed by atoms with Crippen molar-refractivity contribution in [2.45, 2.75) is 13.2 Å². The summed E-state index contributed by atoms with van der Waals surface area (Å²) in [5.41, 5.74) is 2.88. The van der Waals surface area contributed by atoms with Crippen LogP contribution in [0, 0.1) is 0 Å². The second kappa shape index (κ2) is 8.80. The largest absolute Gasteiger partial charge is 0.489 e. The number of carboxylic acid groups (broad SMARTS) is 1. The Morgan fingerprint density at radius 3 is 2.30 bits per heavy atom. The van der Waals surface area contributed by atoms with E-state index in [-0.39, 0.29) is 12.2 Å². The van der Waals surface area contributed by atoms with Gasteiger partial charge in [-0.05, 0) is 54.1 Å². The average Bonchev–Trinajstić information content (AvgIpc) is 2.67. The molecule has 3 rings (SSSR count). The molecule has 0 aliphatic heterocycles. The first kappa shape index (κ1) is 19.1. The van der Waals surface area contributed by atoms with Crippen molar-refractivity contribution in [3.05, 3.63) is 93.5 Å². The van der Waals surface area contributed by atoms with E-state index in [1.165, 1.54) is 0 Å². The molecule has 0 saturated carbocycles. The first-order valence-corrected chi connectivity index (χ1v) is 9.00. The van der Waals surface area contributed by atoms with Gasteiger partial charge in [-0.25, -0.2) is 4.79 Å². The van der Waals surface area contributed by atoms with Crippen LogP contribution in [0.4, 0.5) is 5.69 Å². The van der Waals surface area contributed by atoms with Crippen LogP contribution < -0.4 is 10.1 Å². The predicted molar refractivity (Wildman–Crippen MR) is 108 cm³/mol. The van der Waals surface area contributed by atoms with Gasteiger partial charge in [-0.2, -0.15) is 0 Å². The van der Waals surface area contributed by atoms with Crippen molar-refractivity contribution < 1.29 is 14.6 Å². The summed E-state index contributed by atoms with van der Waals surface area (Å²) in [4.78, 5) is 10.9. The summed E-state index contributed by atoms with van der Waals surface area (Å²) in [7, 11) is 0. The van der Waals surface area contributed by atoms with Crippen LogP contribution in [0.5, 0.6) is 5.75 Å². The first-order chi connectivity index (χ1) is 13.0. The molecule has 0 saturated heterocycles. The van der Waals surface area contributed by atoms with Crippen molar-refractivity contribution in [2.24, 2.45) is 0 Å². The molecule has 0 spiro atoms. The van der Waals surface area contributed by atoms with Crippen LogP contribution in [0.3, 0.4) is 0 Å². The topological polar surface area (TPSA) is 58.6 Å². The lowest BCUT2D eigenvalue weighted by Gasteiger charge is -2.11. The third-order valence-corrected chi connectivity index (χ3v) is 4.68. The molecule has 0 unspecified atom stereocenters. The molecule has 4 nitrogen and oxygen atoms in total. The number of hydrogen-bond donors (Lipinski definition) is 2. The van der Waals surface area contributed by atoms with Crippen molar-refractivity contribution >= 4 is 34.9 Å². The molecule has 0 bridgehead atoms. The van der Waals surface area contributed by atoms with Gasteiger partial charge >= 0.3 is 5.97 Å². The van der Waals surface area contributed by atoms with E-state index in [2.05, 4.69) is 5.32 Å². The fourth-order valence-electron chi connectivity index (χ4n) is 2.51. The lowest BCUT2D eigenvalue weighted by molar-refractivity contribution is 0.0697.